The fourth-order valence-electron chi connectivity index (χ4n) is 1.86. The average Bonchev–Trinajstić information content (AvgIpc) is 2.40. The molecule has 0 radical (unpaired) electrons. The van der Waals surface area contributed by atoms with Crippen molar-refractivity contribution in [3.8, 4) is 0 Å². The molecule has 0 spiro atoms. The first-order chi connectivity index (χ1) is 8.31. The van der Waals surface area contributed by atoms with Crippen LogP contribution < -0.4 is 0 Å². The molecule has 88 valence electrons. The van der Waals surface area contributed by atoms with Gasteiger partial charge in [0.25, 0.3) is 0 Å². The van der Waals surface area contributed by atoms with Crippen molar-refractivity contribution in [2.75, 3.05) is 0 Å². The van der Waals surface area contributed by atoms with Gasteiger partial charge in [-0.3, -0.25) is 4.98 Å². The number of nitrogens with zero attached hydrogens (tertiary/aromatic N) is 1. The van der Waals surface area contributed by atoms with Crippen LogP contribution in [-0.4, -0.2) is 10.1 Å². The van der Waals surface area contributed by atoms with Crippen LogP contribution in [0.2, 0.25) is 0 Å². The van der Waals surface area contributed by atoms with E-state index in [2.05, 4.69) is 24.0 Å². The zero-order chi connectivity index (χ0) is 12.1. The Kier molecular flexibility index (Phi) is 3.89. The van der Waals surface area contributed by atoms with Gasteiger partial charge in [-0.15, -0.1) is 0 Å². The Bertz CT molecular complexity index is 450. The van der Waals surface area contributed by atoms with E-state index in [0.717, 1.165) is 18.4 Å². The summed E-state index contributed by atoms with van der Waals surface area (Å²) in [5, 5.41) is 10.2. The maximum absolute atomic E-state index is 10.2. The first kappa shape index (κ1) is 11.8. The van der Waals surface area contributed by atoms with Crippen molar-refractivity contribution in [1.82, 2.24) is 4.98 Å². The van der Waals surface area contributed by atoms with Gasteiger partial charge in [0, 0.05) is 6.20 Å². The van der Waals surface area contributed by atoms with E-state index in [0.29, 0.717) is 5.69 Å². The minimum Gasteiger partial charge on any atom is -0.382 e. The van der Waals surface area contributed by atoms with Gasteiger partial charge in [0.1, 0.15) is 6.10 Å². The van der Waals surface area contributed by atoms with E-state index < -0.39 is 6.10 Å². The predicted octanol–water partition coefficient (Wildman–Crippen LogP) is 3.12. The monoisotopic (exact) mass is 227 g/mol. The van der Waals surface area contributed by atoms with Crippen LogP contribution in [0.1, 0.15) is 36.3 Å². The Hall–Kier alpha value is -1.67. The number of rotatable bonds is 4. The molecule has 1 N–H and O–H groups in total. The van der Waals surface area contributed by atoms with E-state index >= 15 is 0 Å². The average molecular weight is 227 g/mol. The van der Waals surface area contributed by atoms with Gasteiger partial charge >= 0.3 is 0 Å². The van der Waals surface area contributed by atoms with E-state index in [1.807, 2.05) is 30.3 Å². The summed E-state index contributed by atoms with van der Waals surface area (Å²) in [5.41, 5.74) is 2.89. The van der Waals surface area contributed by atoms with Crippen molar-refractivity contribution < 1.29 is 5.11 Å². The Labute approximate surface area is 102 Å². The normalized spacial score (nSPS) is 12.4. The van der Waals surface area contributed by atoms with Gasteiger partial charge in [0.15, 0.2) is 0 Å². The molecule has 17 heavy (non-hydrogen) atoms. The van der Waals surface area contributed by atoms with Gasteiger partial charge in [0.2, 0.25) is 0 Å². The van der Waals surface area contributed by atoms with Gasteiger partial charge in [-0.25, -0.2) is 0 Å². The van der Waals surface area contributed by atoms with Crippen LogP contribution in [0.15, 0.2) is 48.7 Å². The number of benzene rings is 1. The molecule has 2 rings (SSSR count). The second-order valence-corrected chi connectivity index (χ2v) is 4.15. The van der Waals surface area contributed by atoms with E-state index in [9.17, 15) is 5.11 Å². The lowest BCUT2D eigenvalue weighted by Gasteiger charge is -2.10. The molecule has 2 heteroatoms. The van der Waals surface area contributed by atoms with E-state index in [-0.39, 0.29) is 0 Å². The molecule has 0 aliphatic rings. The lowest BCUT2D eigenvalue weighted by Crippen LogP contribution is -2.01. The highest BCUT2D eigenvalue weighted by Gasteiger charge is 2.10. The Morgan fingerprint density at radius 1 is 1.12 bits per heavy atom. The van der Waals surface area contributed by atoms with Crippen molar-refractivity contribution in [3.05, 3.63) is 65.5 Å². The van der Waals surface area contributed by atoms with E-state index in [4.69, 9.17) is 0 Å². The molecule has 1 atom stereocenters. The number of aryl methyl sites for hydroxylation is 1. The van der Waals surface area contributed by atoms with E-state index in [1.54, 1.807) is 6.20 Å². The minimum absolute atomic E-state index is 0.633. The van der Waals surface area contributed by atoms with Gasteiger partial charge in [-0.1, -0.05) is 43.7 Å². The molecule has 1 heterocycles. The van der Waals surface area contributed by atoms with Crippen LogP contribution in [0.5, 0.6) is 0 Å². The van der Waals surface area contributed by atoms with Gasteiger partial charge < -0.3 is 5.11 Å². The topological polar surface area (TPSA) is 33.1 Å². The first-order valence-electron chi connectivity index (χ1n) is 5.99. The molecule has 0 aliphatic carbocycles. The summed E-state index contributed by atoms with van der Waals surface area (Å²) in [5.74, 6) is 0. The highest BCUT2D eigenvalue weighted by atomic mass is 16.3. The van der Waals surface area contributed by atoms with Crippen LogP contribution in [0.25, 0.3) is 0 Å². The van der Waals surface area contributed by atoms with E-state index in [1.165, 1.54) is 5.56 Å². The summed E-state index contributed by atoms with van der Waals surface area (Å²) in [6.07, 6.45) is 3.29. The summed E-state index contributed by atoms with van der Waals surface area (Å²) in [6, 6.07) is 13.7. The summed E-state index contributed by atoms with van der Waals surface area (Å²) >= 11 is 0. The van der Waals surface area contributed by atoms with Crippen LogP contribution in [0, 0.1) is 0 Å². The Morgan fingerprint density at radius 2 is 1.88 bits per heavy atom. The molecule has 0 saturated carbocycles. The molecule has 0 saturated heterocycles. The summed E-state index contributed by atoms with van der Waals surface area (Å²) in [4.78, 5) is 4.16. The molecule has 0 amide bonds. The number of hydrogen-bond donors (Lipinski definition) is 1. The quantitative estimate of drug-likeness (QED) is 0.870. The van der Waals surface area contributed by atoms with Crippen LogP contribution >= 0.6 is 0 Å². The Balaban J connectivity index is 2.17. The SMILES string of the molecule is CCCc1ccc([C@H](O)c2ccccn2)cc1. The molecule has 1 aromatic carbocycles. The molecular weight excluding hydrogens is 210 g/mol. The fourth-order valence-corrected chi connectivity index (χ4v) is 1.86. The number of aliphatic hydroxyl groups excluding tert-OH is 1. The van der Waals surface area contributed by atoms with Crippen LogP contribution in [0.3, 0.4) is 0 Å². The third-order valence-electron chi connectivity index (χ3n) is 2.80. The third-order valence-corrected chi connectivity index (χ3v) is 2.80. The molecule has 0 fully saturated rings. The smallest absolute Gasteiger partial charge is 0.121 e. The minimum atomic E-state index is -0.633. The second-order valence-electron chi connectivity index (χ2n) is 4.15. The van der Waals surface area contributed by atoms with Crippen molar-refractivity contribution in [2.45, 2.75) is 25.9 Å². The van der Waals surface area contributed by atoms with Gasteiger partial charge in [0.05, 0.1) is 5.69 Å². The fraction of sp³-hybridized carbons (Fsp3) is 0.267. The second kappa shape index (κ2) is 5.60. The molecule has 0 aliphatic heterocycles. The molecule has 0 bridgehead atoms. The standard InChI is InChI=1S/C15H17NO/c1-2-5-12-7-9-13(10-8-12)15(17)14-6-3-4-11-16-14/h3-4,6-11,15,17H,2,5H2,1H3/t15-/m0/s1. The molecular formula is C15H17NO. The van der Waals surface area contributed by atoms with Crippen molar-refractivity contribution in [2.24, 2.45) is 0 Å². The van der Waals surface area contributed by atoms with Crippen molar-refractivity contribution in [3.63, 3.8) is 0 Å². The third kappa shape index (κ3) is 2.92. The largest absolute Gasteiger partial charge is 0.382 e. The lowest BCUT2D eigenvalue weighted by atomic mass is 10.0. The van der Waals surface area contributed by atoms with Crippen molar-refractivity contribution >= 4 is 0 Å². The number of aliphatic hydroxyl groups is 1. The number of hydrogen-bond acceptors (Lipinski definition) is 2. The van der Waals surface area contributed by atoms with Crippen LogP contribution in [0.4, 0.5) is 0 Å². The summed E-state index contributed by atoms with van der Waals surface area (Å²) < 4.78 is 0. The number of pyridine rings is 1. The Morgan fingerprint density at radius 3 is 2.47 bits per heavy atom. The van der Waals surface area contributed by atoms with Crippen LogP contribution in [-0.2, 0) is 6.42 Å². The van der Waals surface area contributed by atoms with Gasteiger partial charge in [-0.2, -0.15) is 0 Å². The summed E-state index contributed by atoms with van der Waals surface area (Å²) in [7, 11) is 0. The van der Waals surface area contributed by atoms with Crippen molar-refractivity contribution in [1.29, 1.82) is 0 Å². The zero-order valence-corrected chi connectivity index (χ0v) is 10.0. The molecule has 2 aromatic rings. The maximum atomic E-state index is 10.2. The predicted molar refractivity (Wildman–Crippen MR) is 68.7 cm³/mol. The highest BCUT2D eigenvalue weighted by molar-refractivity contribution is 5.28. The molecule has 1 aromatic heterocycles. The molecule has 0 unspecified atom stereocenters. The summed E-state index contributed by atoms with van der Waals surface area (Å²) in [6.45, 7) is 2.16. The highest BCUT2D eigenvalue weighted by Crippen LogP contribution is 2.20. The first-order valence-corrected chi connectivity index (χ1v) is 5.99. The lowest BCUT2D eigenvalue weighted by molar-refractivity contribution is 0.215. The zero-order valence-electron chi connectivity index (χ0n) is 10.0. The maximum Gasteiger partial charge on any atom is 0.121 e. The molecule has 2 nitrogen and oxygen atoms in total. The number of aromatic nitrogens is 1. The van der Waals surface area contributed by atoms with Gasteiger partial charge in [-0.05, 0) is 29.7 Å².